The van der Waals surface area contributed by atoms with Crippen LogP contribution in [-0.4, -0.2) is 35.3 Å². The molecule has 0 unspecified atom stereocenters. The van der Waals surface area contributed by atoms with Crippen LogP contribution >= 0.6 is 12.4 Å². The Morgan fingerprint density at radius 1 is 1.00 bits per heavy atom. The first-order chi connectivity index (χ1) is 4.00. The van der Waals surface area contributed by atoms with Crippen LogP contribution in [-0.2, 0) is 0 Å². The molecule has 3 heteroatoms. The summed E-state index contributed by atoms with van der Waals surface area (Å²) in [6.45, 7) is 0. The fourth-order valence-corrected chi connectivity index (χ4v) is 0.342. The summed E-state index contributed by atoms with van der Waals surface area (Å²) in [6.07, 6.45) is 0. The molecule has 52 valence electrons. The van der Waals surface area contributed by atoms with Gasteiger partial charge in [0.1, 0.15) is 0 Å². The smallest absolute Gasteiger partial charge is 0.400 e. The topological polar surface area (TPSA) is 20.2 Å². The van der Waals surface area contributed by atoms with Gasteiger partial charge in [-0.1, -0.05) is 0 Å². The first-order valence-corrected chi connectivity index (χ1v) is 2.36. The number of hydrogen-bond acceptors (Lipinski definition) is 1. The average molecular weight is 170 g/mol. The molecular weight excluding hydrogens is 160 g/mol. The Morgan fingerprint density at radius 3 is 1.50 bits per heavy atom. The van der Waals surface area contributed by atoms with Crippen LogP contribution in [0.4, 0.5) is 0 Å². The van der Waals surface area contributed by atoms with E-state index in [1.807, 2.05) is 30.3 Å². The van der Waals surface area contributed by atoms with Gasteiger partial charge in [0.25, 0.3) is 0 Å². The number of hydrogen-bond donors (Lipinski definition) is 1. The minimum Gasteiger partial charge on any atom is -0.400 e. The van der Waals surface area contributed by atoms with Crippen molar-refractivity contribution in [1.82, 2.24) is 0 Å². The van der Waals surface area contributed by atoms with Crippen molar-refractivity contribution in [2.45, 2.75) is 0 Å². The van der Waals surface area contributed by atoms with Crippen molar-refractivity contribution >= 4 is 35.5 Å². The molecule has 0 atom stereocenters. The zero-order chi connectivity index (χ0) is 6.24. The number of rotatable bonds is 0. The summed E-state index contributed by atoms with van der Waals surface area (Å²) in [5.74, 6) is 0. The van der Waals surface area contributed by atoms with E-state index in [2.05, 4.69) is 6.07 Å². The number of halogens is 1. The third-order valence-corrected chi connectivity index (χ3v) is 0.607. The van der Waals surface area contributed by atoms with Crippen molar-refractivity contribution in [3.05, 3.63) is 36.4 Å². The molecule has 0 aliphatic heterocycles. The van der Waals surface area contributed by atoms with E-state index in [0.29, 0.717) is 0 Å². The predicted octanol–water partition coefficient (Wildman–Crippen LogP) is 1.14. The maximum Gasteiger partial charge on any atom is 2.00 e. The van der Waals surface area contributed by atoms with Gasteiger partial charge in [-0.15, -0.1) is 12.4 Å². The second-order valence-corrected chi connectivity index (χ2v) is 1.08. The Hall–Kier alpha value is 0.236. The van der Waals surface area contributed by atoms with E-state index in [9.17, 15) is 0 Å². The van der Waals surface area contributed by atoms with E-state index >= 15 is 0 Å². The average Bonchev–Trinajstić information content (AvgIpc) is 1.96. The van der Waals surface area contributed by atoms with E-state index in [1.54, 1.807) is 0 Å². The summed E-state index contributed by atoms with van der Waals surface area (Å²) in [7, 11) is 1.00. The van der Waals surface area contributed by atoms with Crippen LogP contribution in [0.1, 0.15) is 0 Å². The van der Waals surface area contributed by atoms with Gasteiger partial charge in [-0.05, 0) is 0 Å². The molecule has 0 heterocycles. The van der Waals surface area contributed by atoms with Crippen molar-refractivity contribution in [3.8, 4) is 0 Å². The Kier molecular flexibility index (Phi) is 26.9. The molecule has 1 rings (SSSR count). The minimum absolute atomic E-state index is 0. The SMILES string of the molecule is CO.Cl.[Mg+2].[c-]1ccccc1. The number of aliphatic hydroxyl groups excluding tert-OH is 1. The van der Waals surface area contributed by atoms with E-state index in [1.165, 1.54) is 0 Å². The third-order valence-electron chi connectivity index (χ3n) is 0.607. The van der Waals surface area contributed by atoms with Gasteiger partial charge >= 0.3 is 23.1 Å². The van der Waals surface area contributed by atoms with E-state index in [4.69, 9.17) is 5.11 Å². The fraction of sp³-hybridized carbons (Fsp3) is 0.143. The quantitative estimate of drug-likeness (QED) is 0.457. The second kappa shape index (κ2) is 16.1. The molecule has 1 nitrogen and oxygen atoms in total. The maximum absolute atomic E-state index is 7.00. The molecule has 0 saturated carbocycles. The molecule has 0 aliphatic rings. The Balaban J connectivity index is -0.000000114. The van der Waals surface area contributed by atoms with Crippen LogP contribution in [0.3, 0.4) is 0 Å². The van der Waals surface area contributed by atoms with Gasteiger partial charge in [-0.3, -0.25) is 0 Å². The Bertz CT molecular complexity index is 85.5. The molecule has 0 aromatic heterocycles. The molecule has 10 heavy (non-hydrogen) atoms. The zero-order valence-corrected chi connectivity index (χ0v) is 8.18. The fourth-order valence-electron chi connectivity index (χ4n) is 0.342. The summed E-state index contributed by atoms with van der Waals surface area (Å²) in [5, 5.41) is 7.00. The summed E-state index contributed by atoms with van der Waals surface area (Å²) >= 11 is 0. The van der Waals surface area contributed by atoms with Crippen molar-refractivity contribution < 1.29 is 5.11 Å². The van der Waals surface area contributed by atoms with Crippen LogP contribution in [0, 0.1) is 6.07 Å². The first-order valence-electron chi connectivity index (χ1n) is 2.36. The largest absolute Gasteiger partial charge is 2.00 e. The molecule has 0 fully saturated rings. The summed E-state index contributed by atoms with van der Waals surface area (Å²) in [5.41, 5.74) is 0. The van der Waals surface area contributed by atoms with Crippen LogP contribution in [0.2, 0.25) is 0 Å². The van der Waals surface area contributed by atoms with Crippen molar-refractivity contribution in [1.29, 1.82) is 0 Å². The summed E-state index contributed by atoms with van der Waals surface area (Å²) in [6, 6.07) is 12.5. The van der Waals surface area contributed by atoms with Gasteiger partial charge < -0.3 is 5.11 Å². The summed E-state index contributed by atoms with van der Waals surface area (Å²) in [4.78, 5) is 0. The van der Waals surface area contributed by atoms with E-state index in [-0.39, 0.29) is 35.5 Å². The van der Waals surface area contributed by atoms with Gasteiger partial charge in [0.05, 0.1) is 0 Å². The maximum atomic E-state index is 7.00. The van der Waals surface area contributed by atoms with Crippen LogP contribution in [0.15, 0.2) is 30.3 Å². The third kappa shape index (κ3) is 11.1. The van der Waals surface area contributed by atoms with E-state index < -0.39 is 0 Å². The van der Waals surface area contributed by atoms with Crippen LogP contribution in [0.5, 0.6) is 0 Å². The standard InChI is InChI=1S/C6H5.CH4O.ClH.Mg/c1-2-4-6-5-3-1;1-2;;/h1-5H;2H,1H3;1H;/q-1;;;+2. The predicted molar refractivity (Wildman–Crippen MR) is 46.4 cm³/mol. The number of aliphatic hydroxyl groups is 1. The molecule has 1 aromatic rings. The minimum atomic E-state index is 0. The summed E-state index contributed by atoms with van der Waals surface area (Å²) < 4.78 is 0. The second-order valence-electron chi connectivity index (χ2n) is 1.08. The molecule has 1 aromatic carbocycles. The molecule has 0 bridgehead atoms. The van der Waals surface area contributed by atoms with Gasteiger partial charge in [0.2, 0.25) is 0 Å². The Labute approximate surface area is 84.0 Å². The van der Waals surface area contributed by atoms with Crippen LogP contribution < -0.4 is 0 Å². The van der Waals surface area contributed by atoms with Crippen molar-refractivity contribution in [3.63, 3.8) is 0 Å². The molecule has 0 saturated heterocycles. The van der Waals surface area contributed by atoms with Gasteiger partial charge in [0.15, 0.2) is 0 Å². The van der Waals surface area contributed by atoms with Gasteiger partial charge in [-0.2, -0.15) is 36.4 Å². The molecule has 0 spiro atoms. The molecule has 1 N–H and O–H groups in total. The zero-order valence-electron chi connectivity index (χ0n) is 5.95. The van der Waals surface area contributed by atoms with Gasteiger partial charge in [-0.25, -0.2) is 0 Å². The van der Waals surface area contributed by atoms with Crippen molar-refractivity contribution in [2.24, 2.45) is 0 Å². The van der Waals surface area contributed by atoms with Crippen molar-refractivity contribution in [2.75, 3.05) is 7.11 Å². The normalized spacial score (nSPS) is 5.40. The molecule has 0 amide bonds. The molecular formula is C7H10ClMgO+. The van der Waals surface area contributed by atoms with E-state index in [0.717, 1.165) is 7.11 Å². The molecule has 0 radical (unpaired) electrons. The van der Waals surface area contributed by atoms with Gasteiger partial charge in [0, 0.05) is 7.11 Å². The van der Waals surface area contributed by atoms with Crippen LogP contribution in [0.25, 0.3) is 0 Å². The first kappa shape index (κ1) is 16.7. The number of benzene rings is 1. The monoisotopic (exact) mass is 169 g/mol. The molecule has 0 aliphatic carbocycles. The Morgan fingerprint density at radius 2 is 1.40 bits per heavy atom.